The zero-order valence-electron chi connectivity index (χ0n) is 14.6. The van der Waals surface area contributed by atoms with E-state index in [1.54, 1.807) is 25.1 Å². The van der Waals surface area contributed by atoms with Crippen molar-refractivity contribution in [2.45, 2.75) is 40.3 Å². The predicted molar refractivity (Wildman–Crippen MR) is 91.9 cm³/mol. The lowest BCUT2D eigenvalue weighted by molar-refractivity contribution is 0.321. The summed E-state index contributed by atoms with van der Waals surface area (Å²) < 4.78 is 33.2. The summed E-state index contributed by atoms with van der Waals surface area (Å²) in [6.07, 6.45) is 0. The van der Waals surface area contributed by atoms with Gasteiger partial charge in [0.2, 0.25) is 0 Å². The number of rotatable bonds is 7. The lowest BCUT2D eigenvalue weighted by atomic mass is 10.1. The van der Waals surface area contributed by atoms with Crippen LogP contribution in [0.3, 0.4) is 0 Å². The van der Waals surface area contributed by atoms with Crippen LogP contribution in [-0.4, -0.2) is 17.6 Å². The van der Waals surface area contributed by atoms with Gasteiger partial charge >= 0.3 is 0 Å². The number of ether oxygens (including phenoxy) is 1. The summed E-state index contributed by atoms with van der Waals surface area (Å²) in [6, 6.07) is 7.82. The normalized spacial score (nSPS) is 12.5. The number of aromatic nitrogens is 1. The van der Waals surface area contributed by atoms with Gasteiger partial charge in [-0.2, -0.15) is 0 Å². The lowest BCUT2D eigenvalue weighted by Gasteiger charge is -2.17. The number of halogens is 2. The first-order valence-electron chi connectivity index (χ1n) is 8.23. The van der Waals surface area contributed by atoms with E-state index in [1.807, 2.05) is 6.92 Å². The van der Waals surface area contributed by atoms with E-state index in [0.29, 0.717) is 36.0 Å². The van der Waals surface area contributed by atoms with Gasteiger partial charge in [0.25, 0.3) is 0 Å². The number of nitrogens with one attached hydrogen (secondary N) is 1. The Morgan fingerprint density at radius 1 is 1.08 bits per heavy atom. The second-order valence-corrected chi connectivity index (χ2v) is 6.12. The lowest BCUT2D eigenvalue weighted by Crippen LogP contribution is -2.30. The van der Waals surface area contributed by atoms with Crippen LogP contribution in [0.2, 0.25) is 0 Å². The Bertz CT molecular complexity index is 689. The fraction of sp³-hybridized carbons (Fsp3) is 0.421. The molecule has 5 heteroatoms. The molecule has 0 unspecified atom stereocenters. The summed E-state index contributed by atoms with van der Waals surface area (Å²) in [4.78, 5) is 4.35. The average Bonchev–Trinajstić information content (AvgIpc) is 2.55. The fourth-order valence-corrected chi connectivity index (χ4v) is 2.20. The van der Waals surface area contributed by atoms with Gasteiger partial charge in [0.05, 0.1) is 18.0 Å². The van der Waals surface area contributed by atoms with Gasteiger partial charge in [-0.15, -0.1) is 0 Å². The van der Waals surface area contributed by atoms with Gasteiger partial charge in [-0.3, -0.25) is 0 Å². The molecular weight excluding hydrogens is 310 g/mol. The van der Waals surface area contributed by atoms with Gasteiger partial charge in [-0.05, 0) is 50.1 Å². The first-order chi connectivity index (χ1) is 11.4. The Morgan fingerprint density at radius 3 is 2.46 bits per heavy atom. The molecular formula is C19H24F2N2O. The van der Waals surface area contributed by atoms with Crippen LogP contribution in [0.1, 0.15) is 33.4 Å². The van der Waals surface area contributed by atoms with E-state index in [4.69, 9.17) is 4.74 Å². The molecule has 24 heavy (non-hydrogen) atoms. The van der Waals surface area contributed by atoms with E-state index in [0.717, 1.165) is 0 Å². The molecule has 0 saturated carbocycles. The van der Waals surface area contributed by atoms with E-state index in [1.165, 1.54) is 12.1 Å². The maximum Gasteiger partial charge on any atom is 0.165 e. The molecule has 130 valence electrons. The van der Waals surface area contributed by atoms with E-state index < -0.39 is 5.82 Å². The van der Waals surface area contributed by atoms with Crippen molar-refractivity contribution in [1.82, 2.24) is 10.3 Å². The predicted octanol–water partition coefficient (Wildman–Crippen LogP) is 4.56. The Labute approximate surface area is 142 Å². The molecule has 0 aliphatic rings. The molecule has 0 aliphatic heterocycles. The molecule has 1 N–H and O–H groups in total. The minimum absolute atomic E-state index is 0.205. The Morgan fingerprint density at radius 2 is 1.83 bits per heavy atom. The highest BCUT2D eigenvalue weighted by Gasteiger charge is 2.12. The molecule has 0 spiro atoms. The molecule has 0 radical (unpaired) electrons. The molecule has 2 aromatic rings. The quantitative estimate of drug-likeness (QED) is 0.806. The average molecular weight is 334 g/mol. The second-order valence-electron chi connectivity index (χ2n) is 6.12. The standard InChI is InChI=1S/C19H24F2N2O/c1-5-24-19-9-6-14(10-16(19)21)17-8-7-15(20)18(23-17)11-22-13(4)12(2)3/h6-10,12-13,22H,5,11H2,1-4H3/t13-/m1/s1. The summed E-state index contributed by atoms with van der Waals surface area (Å²) in [7, 11) is 0. The first-order valence-corrected chi connectivity index (χ1v) is 8.23. The van der Waals surface area contributed by atoms with Gasteiger partial charge < -0.3 is 10.1 Å². The van der Waals surface area contributed by atoms with Gasteiger partial charge in [0, 0.05) is 18.2 Å². The maximum atomic E-state index is 14.0. The molecule has 0 amide bonds. The summed E-state index contributed by atoms with van der Waals surface area (Å²) in [6.45, 7) is 8.77. The number of nitrogens with zero attached hydrogens (tertiary/aromatic N) is 1. The Balaban J connectivity index is 2.22. The van der Waals surface area contributed by atoms with Crippen LogP contribution in [0.4, 0.5) is 8.78 Å². The van der Waals surface area contributed by atoms with Crippen LogP contribution < -0.4 is 10.1 Å². The van der Waals surface area contributed by atoms with Gasteiger partial charge in [-0.1, -0.05) is 13.8 Å². The van der Waals surface area contributed by atoms with Crippen LogP contribution in [0.15, 0.2) is 30.3 Å². The van der Waals surface area contributed by atoms with Gasteiger partial charge in [0.15, 0.2) is 11.6 Å². The summed E-state index contributed by atoms with van der Waals surface area (Å²) in [5.41, 5.74) is 1.45. The van der Waals surface area contributed by atoms with Gasteiger partial charge in [0.1, 0.15) is 5.82 Å². The van der Waals surface area contributed by atoms with Crippen LogP contribution in [-0.2, 0) is 6.54 Å². The minimum atomic E-state index is -0.450. The van der Waals surface area contributed by atoms with Crippen LogP contribution in [0.5, 0.6) is 5.75 Å². The maximum absolute atomic E-state index is 14.0. The molecule has 3 nitrogen and oxygen atoms in total. The highest BCUT2D eigenvalue weighted by Crippen LogP contribution is 2.25. The Kier molecular flexibility index (Phi) is 6.26. The summed E-state index contributed by atoms with van der Waals surface area (Å²) in [5, 5.41) is 3.26. The van der Waals surface area contributed by atoms with Crippen LogP contribution in [0.25, 0.3) is 11.3 Å². The highest BCUT2D eigenvalue weighted by molar-refractivity contribution is 5.60. The third kappa shape index (κ3) is 4.51. The van der Waals surface area contributed by atoms with Crippen molar-refractivity contribution in [2.75, 3.05) is 6.61 Å². The molecule has 0 bridgehead atoms. The molecule has 2 rings (SSSR count). The summed E-state index contributed by atoms with van der Waals surface area (Å²) in [5.74, 6) is -0.172. The van der Waals surface area contributed by atoms with Crippen molar-refractivity contribution >= 4 is 0 Å². The monoisotopic (exact) mass is 334 g/mol. The molecule has 1 heterocycles. The van der Waals surface area contributed by atoms with Crippen LogP contribution in [0, 0.1) is 17.6 Å². The topological polar surface area (TPSA) is 34.1 Å². The molecule has 1 aromatic heterocycles. The van der Waals surface area contributed by atoms with E-state index in [2.05, 4.69) is 24.1 Å². The highest BCUT2D eigenvalue weighted by atomic mass is 19.1. The van der Waals surface area contributed by atoms with Crippen molar-refractivity contribution in [3.05, 3.63) is 47.7 Å². The smallest absolute Gasteiger partial charge is 0.165 e. The first kappa shape index (κ1) is 18.3. The van der Waals surface area contributed by atoms with Gasteiger partial charge in [-0.25, -0.2) is 13.8 Å². The minimum Gasteiger partial charge on any atom is -0.491 e. The summed E-state index contributed by atoms with van der Waals surface area (Å²) >= 11 is 0. The molecule has 0 fully saturated rings. The van der Waals surface area contributed by atoms with Crippen molar-refractivity contribution in [3.8, 4) is 17.0 Å². The molecule has 1 aromatic carbocycles. The van der Waals surface area contributed by atoms with E-state index in [-0.39, 0.29) is 17.6 Å². The Hall–Kier alpha value is -2.01. The number of benzene rings is 1. The zero-order chi connectivity index (χ0) is 17.7. The fourth-order valence-electron chi connectivity index (χ4n) is 2.20. The third-order valence-electron chi connectivity index (χ3n) is 4.04. The van der Waals surface area contributed by atoms with E-state index in [9.17, 15) is 8.78 Å². The molecule has 0 aliphatic carbocycles. The van der Waals surface area contributed by atoms with Crippen molar-refractivity contribution < 1.29 is 13.5 Å². The van der Waals surface area contributed by atoms with Crippen molar-refractivity contribution in [1.29, 1.82) is 0 Å². The second kappa shape index (κ2) is 8.20. The number of hydrogen-bond donors (Lipinski definition) is 1. The van der Waals surface area contributed by atoms with Crippen molar-refractivity contribution in [3.63, 3.8) is 0 Å². The third-order valence-corrected chi connectivity index (χ3v) is 4.04. The number of hydrogen-bond acceptors (Lipinski definition) is 3. The number of pyridine rings is 1. The molecule has 1 atom stereocenters. The van der Waals surface area contributed by atoms with E-state index >= 15 is 0 Å². The SMILES string of the molecule is CCOc1ccc(-c2ccc(F)c(CN[C@H](C)C(C)C)n2)cc1F. The van der Waals surface area contributed by atoms with Crippen molar-refractivity contribution in [2.24, 2.45) is 5.92 Å². The van der Waals surface area contributed by atoms with Crippen LogP contribution >= 0.6 is 0 Å². The zero-order valence-corrected chi connectivity index (χ0v) is 14.6. The largest absolute Gasteiger partial charge is 0.491 e. The molecule has 0 saturated heterocycles.